The van der Waals surface area contributed by atoms with E-state index < -0.39 is 0 Å². The normalized spacial score (nSPS) is 15.4. The molecule has 1 saturated heterocycles. The molecule has 0 saturated carbocycles. The Labute approximate surface area is 149 Å². The second-order valence-electron chi connectivity index (χ2n) is 6.78. The zero-order valence-electron chi connectivity index (χ0n) is 15.0. The molecule has 0 spiro atoms. The van der Waals surface area contributed by atoms with E-state index in [-0.39, 0.29) is 5.91 Å². The van der Waals surface area contributed by atoms with Gasteiger partial charge in [0.05, 0.1) is 0 Å². The van der Waals surface area contributed by atoms with Gasteiger partial charge in [-0.15, -0.1) is 0 Å². The molecule has 1 aliphatic heterocycles. The Morgan fingerprint density at radius 2 is 1.84 bits per heavy atom. The van der Waals surface area contributed by atoms with Crippen LogP contribution in [0.2, 0.25) is 0 Å². The average Bonchev–Trinajstić information content (AvgIpc) is 2.62. The van der Waals surface area contributed by atoms with Gasteiger partial charge in [0.2, 0.25) is 0 Å². The van der Waals surface area contributed by atoms with Crippen LogP contribution >= 0.6 is 0 Å². The summed E-state index contributed by atoms with van der Waals surface area (Å²) in [4.78, 5) is 21.3. The van der Waals surface area contributed by atoms with Gasteiger partial charge in [-0.05, 0) is 31.5 Å². The Morgan fingerprint density at radius 3 is 2.52 bits per heavy atom. The molecule has 0 unspecified atom stereocenters. The Kier molecular flexibility index (Phi) is 5.66. The zero-order valence-corrected chi connectivity index (χ0v) is 15.0. The molecular weight excluding hydrogens is 312 g/mol. The van der Waals surface area contributed by atoms with Crippen LogP contribution in [0.4, 0.5) is 5.69 Å². The van der Waals surface area contributed by atoms with Crippen LogP contribution < -0.4 is 5.32 Å². The first-order valence-corrected chi connectivity index (χ1v) is 8.90. The van der Waals surface area contributed by atoms with E-state index in [0.29, 0.717) is 11.7 Å². The van der Waals surface area contributed by atoms with Crippen LogP contribution in [0, 0.1) is 0 Å². The fraction of sp³-hybridized carbons (Fsp3) is 0.400. The van der Waals surface area contributed by atoms with Crippen molar-refractivity contribution < 1.29 is 4.79 Å². The summed E-state index contributed by atoms with van der Waals surface area (Å²) in [5.74, 6) is 0.0202. The number of hydrogen-bond donors (Lipinski definition) is 1. The van der Waals surface area contributed by atoms with Crippen molar-refractivity contribution in [3.8, 4) is 0 Å². The minimum Gasteiger partial charge on any atom is -0.383 e. The van der Waals surface area contributed by atoms with E-state index in [2.05, 4.69) is 53.3 Å². The van der Waals surface area contributed by atoms with Gasteiger partial charge in [0, 0.05) is 50.6 Å². The van der Waals surface area contributed by atoms with Crippen LogP contribution in [0.3, 0.4) is 0 Å². The maximum Gasteiger partial charge on any atom is 0.272 e. The predicted octanol–water partition coefficient (Wildman–Crippen LogP) is 2.86. The standard InChI is InChI=1S/C20H26N4O/c1-16(2)22-18-8-9-21-19(14-18)20(25)24-12-10-23(11-13-24)15-17-6-4-3-5-7-17/h3-9,14,16H,10-13,15H2,1-2H3,(H,21,22). The van der Waals surface area contributed by atoms with E-state index in [1.165, 1.54) is 5.56 Å². The monoisotopic (exact) mass is 338 g/mol. The summed E-state index contributed by atoms with van der Waals surface area (Å²) < 4.78 is 0. The summed E-state index contributed by atoms with van der Waals surface area (Å²) in [6.07, 6.45) is 1.70. The van der Waals surface area contributed by atoms with E-state index >= 15 is 0 Å². The van der Waals surface area contributed by atoms with Crippen LogP contribution in [0.5, 0.6) is 0 Å². The number of nitrogens with zero attached hydrogens (tertiary/aromatic N) is 3. The molecule has 5 heteroatoms. The van der Waals surface area contributed by atoms with Crippen molar-refractivity contribution in [1.82, 2.24) is 14.8 Å². The lowest BCUT2D eigenvalue weighted by atomic mass is 10.2. The molecule has 1 aromatic carbocycles. The Hall–Kier alpha value is -2.40. The molecule has 1 aromatic heterocycles. The number of carbonyl (C=O) groups excluding carboxylic acids is 1. The van der Waals surface area contributed by atoms with Gasteiger partial charge in [-0.2, -0.15) is 0 Å². The smallest absolute Gasteiger partial charge is 0.272 e. The average molecular weight is 338 g/mol. The van der Waals surface area contributed by atoms with Gasteiger partial charge in [-0.1, -0.05) is 30.3 Å². The number of anilines is 1. The number of nitrogens with one attached hydrogen (secondary N) is 1. The van der Waals surface area contributed by atoms with Crippen molar-refractivity contribution >= 4 is 11.6 Å². The molecule has 1 fully saturated rings. The maximum absolute atomic E-state index is 12.7. The van der Waals surface area contributed by atoms with Gasteiger partial charge in [-0.3, -0.25) is 14.7 Å². The van der Waals surface area contributed by atoms with Crippen molar-refractivity contribution in [2.75, 3.05) is 31.5 Å². The lowest BCUT2D eigenvalue weighted by molar-refractivity contribution is 0.0623. The lowest BCUT2D eigenvalue weighted by Gasteiger charge is -2.34. The second kappa shape index (κ2) is 8.12. The highest BCUT2D eigenvalue weighted by molar-refractivity contribution is 5.93. The van der Waals surface area contributed by atoms with Crippen LogP contribution in [-0.4, -0.2) is 52.9 Å². The van der Waals surface area contributed by atoms with Gasteiger partial charge >= 0.3 is 0 Å². The number of pyridine rings is 1. The van der Waals surface area contributed by atoms with E-state index in [1.807, 2.05) is 23.1 Å². The highest BCUT2D eigenvalue weighted by Gasteiger charge is 2.23. The molecule has 0 aliphatic carbocycles. The summed E-state index contributed by atoms with van der Waals surface area (Å²) in [7, 11) is 0. The summed E-state index contributed by atoms with van der Waals surface area (Å²) in [6, 6.07) is 14.5. The molecule has 5 nitrogen and oxygen atoms in total. The Morgan fingerprint density at radius 1 is 1.12 bits per heavy atom. The van der Waals surface area contributed by atoms with Crippen LogP contribution in [-0.2, 0) is 6.54 Å². The molecule has 1 N–H and O–H groups in total. The van der Waals surface area contributed by atoms with Crippen molar-refractivity contribution in [1.29, 1.82) is 0 Å². The van der Waals surface area contributed by atoms with Crippen LogP contribution in [0.15, 0.2) is 48.7 Å². The third-order valence-electron chi connectivity index (χ3n) is 4.34. The third kappa shape index (κ3) is 4.79. The van der Waals surface area contributed by atoms with Gasteiger partial charge in [0.15, 0.2) is 0 Å². The number of rotatable bonds is 5. The molecule has 25 heavy (non-hydrogen) atoms. The molecule has 1 aliphatic rings. The number of carbonyl (C=O) groups is 1. The summed E-state index contributed by atoms with van der Waals surface area (Å²) in [5, 5.41) is 3.32. The molecule has 2 heterocycles. The van der Waals surface area contributed by atoms with Gasteiger partial charge < -0.3 is 10.2 Å². The topological polar surface area (TPSA) is 48.5 Å². The van der Waals surface area contributed by atoms with Crippen LogP contribution in [0.1, 0.15) is 29.9 Å². The predicted molar refractivity (Wildman–Crippen MR) is 101 cm³/mol. The fourth-order valence-corrected chi connectivity index (χ4v) is 3.08. The molecule has 1 amide bonds. The van der Waals surface area contributed by atoms with Crippen LogP contribution in [0.25, 0.3) is 0 Å². The van der Waals surface area contributed by atoms with E-state index in [9.17, 15) is 4.79 Å². The number of piperazine rings is 1. The Bertz CT molecular complexity index is 694. The lowest BCUT2D eigenvalue weighted by Crippen LogP contribution is -2.48. The second-order valence-corrected chi connectivity index (χ2v) is 6.78. The van der Waals surface area contributed by atoms with E-state index in [1.54, 1.807) is 6.20 Å². The molecule has 132 valence electrons. The number of amides is 1. The minimum absolute atomic E-state index is 0.0202. The quantitative estimate of drug-likeness (QED) is 0.911. The van der Waals surface area contributed by atoms with Crippen molar-refractivity contribution in [2.45, 2.75) is 26.4 Å². The van der Waals surface area contributed by atoms with Crippen molar-refractivity contribution in [2.24, 2.45) is 0 Å². The summed E-state index contributed by atoms with van der Waals surface area (Å²) >= 11 is 0. The molecule has 3 rings (SSSR count). The largest absolute Gasteiger partial charge is 0.383 e. The van der Waals surface area contributed by atoms with E-state index in [4.69, 9.17) is 0 Å². The van der Waals surface area contributed by atoms with E-state index in [0.717, 1.165) is 38.4 Å². The third-order valence-corrected chi connectivity index (χ3v) is 4.34. The highest BCUT2D eigenvalue weighted by Crippen LogP contribution is 2.14. The number of hydrogen-bond acceptors (Lipinski definition) is 4. The fourth-order valence-electron chi connectivity index (χ4n) is 3.08. The first-order chi connectivity index (χ1) is 12.1. The van der Waals surface area contributed by atoms with Gasteiger partial charge in [-0.25, -0.2) is 0 Å². The minimum atomic E-state index is 0.0202. The first kappa shape index (κ1) is 17.4. The molecule has 0 radical (unpaired) electrons. The zero-order chi connectivity index (χ0) is 17.6. The number of benzene rings is 1. The molecule has 0 atom stereocenters. The maximum atomic E-state index is 12.7. The SMILES string of the molecule is CC(C)Nc1ccnc(C(=O)N2CCN(Cc3ccccc3)CC2)c1. The first-order valence-electron chi connectivity index (χ1n) is 8.90. The molecule has 2 aromatic rings. The highest BCUT2D eigenvalue weighted by atomic mass is 16.2. The van der Waals surface area contributed by atoms with Gasteiger partial charge in [0.25, 0.3) is 5.91 Å². The number of aromatic nitrogens is 1. The Balaban J connectivity index is 1.56. The summed E-state index contributed by atoms with van der Waals surface area (Å²) in [5.41, 5.74) is 2.77. The van der Waals surface area contributed by atoms with Crippen molar-refractivity contribution in [3.63, 3.8) is 0 Å². The molecule has 0 bridgehead atoms. The van der Waals surface area contributed by atoms with Crippen molar-refractivity contribution in [3.05, 3.63) is 59.9 Å². The summed E-state index contributed by atoms with van der Waals surface area (Å²) in [6.45, 7) is 8.37. The van der Waals surface area contributed by atoms with Gasteiger partial charge in [0.1, 0.15) is 5.69 Å². The molecular formula is C20H26N4O.